The number of aromatic nitrogens is 2. The van der Waals surface area contributed by atoms with Crippen LogP contribution in [0.2, 0.25) is 0 Å². The van der Waals surface area contributed by atoms with Gasteiger partial charge in [-0.05, 0) is 36.4 Å². The van der Waals surface area contributed by atoms with Crippen molar-refractivity contribution in [2.45, 2.75) is 9.99 Å². The highest BCUT2D eigenvalue weighted by atomic mass is 32.2. The molecule has 0 radical (unpaired) electrons. The van der Waals surface area contributed by atoms with E-state index in [1.54, 1.807) is 22.2 Å². The first kappa shape index (κ1) is 15.4. The molecule has 26 heavy (non-hydrogen) atoms. The molecule has 0 amide bonds. The van der Waals surface area contributed by atoms with E-state index in [4.69, 9.17) is 4.42 Å². The molecule has 0 unspecified atom stereocenters. The summed E-state index contributed by atoms with van der Waals surface area (Å²) in [5.41, 5.74) is 1.61. The van der Waals surface area contributed by atoms with Crippen molar-refractivity contribution < 1.29 is 4.42 Å². The Hall–Kier alpha value is -2.83. The Labute approximate surface area is 156 Å². The molecule has 0 bridgehead atoms. The average molecular weight is 376 g/mol. The molecule has 2 aromatic carbocycles. The molecule has 0 spiro atoms. The van der Waals surface area contributed by atoms with Crippen LogP contribution >= 0.6 is 23.1 Å². The lowest BCUT2D eigenvalue weighted by atomic mass is 10.3. The average Bonchev–Trinajstić information content (AvgIpc) is 3.32. The smallest absolute Gasteiger partial charge is 0.275 e. The molecule has 0 aliphatic rings. The van der Waals surface area contributed by atoms with Crippen molar-refractivity contribution in [3.8, 4) is 0 Å². The summed E-state index contributed by atoms with van der Waals surface area (Å²) in [6.07, 6.45) is 1.78. The van der Waals surface area contributed by atoms with Gasteiger partial charge in [0.15, 0.2) is 10.1 Å². The first-order valence-corrected chi connectivity index (χ1v) is 9.66. The first-order chi connectivity index (χ1) is 12.8. The summed E-state index contributed by atoms with van der Waals surface area (Å²) in [6, 6.07) is 21.5. The molecule has 0 aliphatic carbocycles. The molecule has 126 valence electrons. The molecule has 0 fully saturated rings. The van der Waals surface area contributed by atoms with Crippen LogP contribution in [0.25, 0.3) is 22.1 Å². The van der Waals surface area contributed by atoms with Crippen LogP contribution in [-0.2, 0) is 0 Å². The second kappa shape index (κ2) is 6.16. The molecule has 3 aromatic heterocycles. The van der Waals surface area contributed by atoms with Crippen LogP contribution in [-0.4, -0.2) is 9.38 Å². The van der Waals surface area contributed by atoms with Crippen LogP contribution in [0.1, 0.15) is 5.76 Å². The number of nitrogens with zero attached hydrogens (tertiary/aromatic N) is 2. The topological polar surface area (TPSA) is 47.5 Å². The Morgan fingerprint density at radius 3 is 2.69 bits per heavy atom. The van der Waals surface area contributed by atoms with Gasteiger partial charge in [0.1, 0.15) is 10.3 Å². The van der Waals surface area contributed by atoms with Crippen LogP contribution in [0.4, 0.5) is 0 Å². The van der Waals surface area contributed by atoms with Gasteiger partial charge < -0.3 is 4.42 Å². The van der Waals surface area contributed by atoms with Gasteiger partial charge in [0.2, 0.25) is 0 Å². The summed E-state index contributed by atoms with van der Waals surface area (Å²) in [4.78, 5) is 19.1. The number of fused-ring (bicyclic) bond motifs is 3. The van der Waals surface area contributed by atoms with E-state index in [1.165, 1.54) is 11.3 Å². The molecule has 0 N–H and O–H groups in total. The highest BCUT2D eigenvalue weighted by Gasteiger charge is 2.11. The summed E-state index contributed by atoms with van der Waals surface area (Å²) < 4.78 is 8.13. The van der Waals surface area contributed by atoms with Gasteiger partial charge in [-0.15, -0.1) is 0 Å². The molecular formula is C20H12N2O2S2. The lowest BCUT2D eigenvalue weighted by Crippen LogP contribution is -2.22. The van der Waals surface area contributed by atoms with Gasteiger partial charge >= 0.3 is 0 Å². The Morgan fingerprint density at radius 1 is 1.00 bits per heavy atom. The van der Waals surface area contributed by atoms with Crippen molar-refractivity contribution in [2.24, 2.45) is 0 Å². The number of hydrogen-bond acceptors (Lipinski definition) is 5. The number of para-hydroxylation sites is 2. The number of imidazole rings is 1. The Morgan fingerprint density at radius 2 is 1.81 bits per heavy atom. The Kier molecular flexibility index (Phi) is 3.65. The zero-order valence-electron chi connectivity index (χ0n) is 13.5. The number of hydrogen-bond donors (Lipinski definition) is 0. The molecule has 5 aromatic rings. The van der Waals surface area contributed by atoms with Crippen LogP contribution in [0.3, 0.4) is 0 Å². The van der Waals surface area contributed by atoms with E-state index >= 15 is 0 Å². The molecule has 3 heterocycles. The maximum atomic E-state index is 12.8. The zero-order valence-corrected chi connectivity index (χ0v) is 15.1. The minimum absolute atomic E-state index is 0.0626. The summed E-state index contributed by atoms with van der Waals surface area (Å²) in [6.45, 7) is 0. The largest absolute Gasteiger partial charge is 0.450 e. The van der Waals surface area contributed by atoms with E-state index in [0.29, 0.717) is 15.3 Å². The molecule has 0 saturated carbocycles. The maximum absolute atomic E-state index is 12.8. The quantitative estimate of drug-likeness (QED) is 0.473. The number of thiazole rings is 1. The normalized spacial score (nSPS) is 12.4. The van der Waals surface area contributed by atoms with Crippen LogP contribution in [0.5, 0.6) is 0 Å². The highest BCUT2D eigenvalue weighted by molar-refractivity contribution is 7.99. The Balaban J connectivity index is 1.55. The van der Waals surface area contributed by atoms with E-state index in [1.807, 2.05) is 66.7 Å². The lowest BCUT2D eigenvalue weighted by Gasteiger charge is -1.95. The third kappa shape index (κ3) is 2.64. The number of benzene rings is 2. The molecule has 0 atom stereocenters. The van der Waals surface area contributed by atoms with Crippen LogP contribution in [0.15, 0.2) is 85.9 Å². The molecule has 6 heteroatoms. The fourth-order valence-corrected chi connectivity index (χ4v) is 4.58. The lowest BCUT2D eigenvalue weighted by molar-refractivity contribution is 0.466. The van der Waals surface area contributed by atoms with Gasteiger partial charge in [-0.2, -0.15) is 0 Å². The van der Waals surface area contributed by atoms with Crippen molar-refractivity contribution in [2.75, 3.05) is 0 Å². The van der Waals surface area contributed by atoms with Gasteiger partial charge in [-0.3, -0.25) is 4.79 Å². The third-order valence-corrected chi connectivity index (χ3v) is 5.88. The second-order valence-electron chi connectivity index (χ2n) is 5.71. The van der Waals surface area contributed by atoms with Crippen LogP contribution in [0, 0.1) is 0 Å². The summed E-state index contributed by atoms with van der Waals surface area (Å²) >= 11 is 2.93. The monoisotopic (exact) mass is 376 g/mol. The number of rotatable bonds is 3. The minimum Gasteiger partial charge on any atom is -0.450 e. The Bertz CT molecular complexity index is 1330. The van der Waals surface area contributed by atoms with Crippen molar-refractivity contribution in [3.05, 3.63) is 87.4 Å². The summed E-state index contributed by atoms with van der Waals surface area (Å²) in [5.74, 6) is 0.661. The van der Waals surface area contributed by atoms with E-state index in [2.05, 4.69) is 4.98 Å². The predicted molar refractivity (Wildman–Crippen MR) is 105 cm³/mol. The van der Waals surface area contributed by atoms with Gasteiger partial charge in [0, 0.05) is 11.0 Å². The van der Waals surface area contributed by atoms with Gasteiger partial charge in [-0.1, -0.05) is 53.4 Å². The van der Waals surface area contributed by atoms with E-state index in [-0.39, 0.29) is 5.56 Å². The molecule has 0 aliphatic heterocycles. The molecule has 0 saturated heterocycles. The fourth-order valence-electron chi connectivity index (χ4n) is 2.81. The minimum atomic E-state index is -0.0626. The second-order valence-corrected chi connectivity index (χ2v) is 7.79. The standard InChI is InChI=1S/C20H12N2O2S2/c23-19-17(26-20-21-15-8-4-5-9-16(15)22(19)20)12-13-10-11-18(24-13)25-14-6-2-1-3-7-14/h1-12H. The SMILES string of the molecule is O=c1c(=Cc2ccc(Sc3ccccc3)o2)sc2nc3ccccc3n12. The van der Waals surface area contributed by atoms with Gasteiger partial charge in [0.25, 0.3) is 5.56 Å². The van der Waals surface area contributed by atoms with E-state index in [0.717, 1.165) is 21.0 Å². The summed E-state index contributed by atoms with van der Waals surface area (Å²) in [7, 11) is 0. The molecule has 5 rings (SSSR count). The van der Waals surface area contributed by atoms with Gasteiger partial charge in [-0.25, -0.2) is 9.38 Å². The van der Waals surface area contributed by atoms with Gasteiger partial charge in [0.05, 0.1) is 11.0 Å². The fraction of sp³-hybridized carbons (Fsp3) is 0. The van der Waals surface area contributed by atoms with Crippen molar-refractivity contribution >= 4 is 45.2 Å². The summed E-state index contributed by atoms with van der Waals surface area (Å²) in [5, 5.41) is 0.793. The molecular weight excluding hydrogens is 364 g/mol. The zero-order chi connectivity index (χ0) is 17.5. The number of furan rings is 1. The predicted octanol–water partition coefficient (Wildman–Crippen LogP) is 4.20. The van der Waals surface area contributed by atoms with Crippen molar-refractivity contribution in [1.82, 2.24) is 9.38 Å². The molecule has 4 nitrogen and oxygen atoms in total. The first-order valence-electron chi connectivity index (χ1n) is 8.02. The van der Waals surface area contributed by atoms with E-state index in [9.17, 15) is 4.79 Å². The van der Waals surface area contributed by atoms with Crippen molar-refractivity contribution in [1.29, 1.82) is 0 Å². The highest BCUT2D eigenvalue weighted by Crippen LogP contribution is 2.29. The third-order valence-electron chi connectivity index (χ3n) is 3.98. The maximum Gasteiger partial charge on any atom is 0.275 e. The van der Waals surface area contributed by atoms with Crippen molar-refractivity contribution in [3.63, 3.8) is 0 Å². The van der Waals surface area contributed by atoms with E-state index < -0.39 is 0 Å². The van der Waals surface area contributed by atoms with Crippen LogP contribution < -0.4 is 10.1 Å².